The molecule has 12 aromatic rings. The molecule has 0 unspecified atom stereocenters. The number of nitrogen functional groups attached to an aromatic ring is 6. The summed E-state index contributed by atoms with van der Waals surface area (Å²) in [5.41, 5.74) is 38.0. The number of aromatic nitrogens is 16. The average molecular weight is 1660 g/mol. The molecular formula is C59H53Br5N24O8S. The van der Waals surface area contributed by atoms with Gasteiger partial charge in [-0.15, -0.1) is 30.6 Å². The lowest BCUT2D eigenvalue weighted by molar-refractivity contribution is 0.0690. The van der Waals surface area contributed by atoms with Gasteiger partial charge in [0.2, 0.25) is 17.7 Å². The average Bonchev–Trinajstić information content (AvgIpc) is 1.60. The number of sulfone groups is 1. The van der Waals surface area contributed by atoms with Crippen molar-refractivity contribution < 1.29 is 36.4 Å². The van der Waals surface area contributed by atoms with E-state index in [2.05, 4.69) is 172 Å². The van der Waals surface area contributed by atoms with Crippen molar-refractivity contribution in [1.29, 1.82) is 0 Å². The quantitative estimate of drug-likeness (QED) is 0.0199. The molecule has 0 aliphatic rings. The Hall–Kier alpha value is -10.1. The van der Waals surface area contributed by atoms with Gasteiger partial charge in [0, 0.05) is 34.1 Å². The molecule has 0 aliphatic heterocycles. The first-order valence-corrected chi connectivity index (χ1v) is 33.8. The number of nitrogens with zero attached hydrogens (tertiary/aromatic N) is 16. The van der Waals surface area contributed by atoms with Crippen LogP contribution in [0.1, 0.15) is 51.5 Å². The van der Waals surface area contributed by atoms with Gasteiger partial charge in [0.05, 0.1) is 47.3 Å². The minimum Gasteiger partial charge on any atom is -0.476 e. The summed E-state index contributed by atoms with van der Waals surface area (Å²) < 4.78 is 43.0. The number of alkyl halides is 1. The van der Waals surface area contributed by atoms with E-state index in [0.29, 0.717) is 58.7 Å². The molecule has 15 N–H and O–H groups in total. The highest BCUT2D eigenvalue weighted by Crippen LogP contribution is 2.31. The molecular weight excluding hydrogens is 1600 g/mol. The van der Waals surface area contributed by atoms with Gasteiger partial charge in [0.25, 0.3) is 23.6 Å². The lowest BCUT2D eigenvalue weighted by Gasteiger charge is -2.06. The molecule has 0 bridgehead atoms. The van der Waals surface area contributed by atoms with E-state index in [1.165, 1.54) is 47.7 Å². The topological polar surface area (TPSA) is 514 Å². The second kappa shape index (κ2) is 34.0. The largest absolute Gasteiger partial charge is 0.476 e. The van der Waals surface area contributed by atoms with E-state index in [9.17, 15) is 18.0 Å². The van der Waals surface area contributed by atoms with Gasteiger partial charge in [-0.3, -0.25) is 10.2 Å². The Balaban J connectivity index is 0.000000163. The molecule has 498 valence electrons. The summed E-state index contributed by atoms with van der Waals surface area (Å²) in [4.78, 5) is 61.4. The van der Waals surface area contributed by atoms with Gasteiger partial charge in [-0.2, -0.15) is 0 Å². The molecule has 0 radical (unpaired) electrons. The SMILES string of the molecule is CCc1ccc(-c2nnc(-c3nc(-c4ccc(S(=O)(=O)CC)cc4)cnc3N)o2)cc1.CNCc1ccc(-c2nnc(-c3nc(Br)cnc3N)o2)cc1.NNC(=O)c1nc(Br)cnc1N.Nc1ncc(Br)nc1-c1nnc(-c2ccc(CBr)cc2)o1.Nc1ncc(Br)nc1C(=O)O. The Morgan fingerprint density at radius 3 is 1.23 bits per heavy atom. The fourth-order valence-corrected chi connectivity index (χ4v) is 10.2. The number of carbonyl (C=O) groups excluding carboxylic acids is 1. The van der Waals surface area contributed by atoms with Crippen molar-refractivity contribution in [2.75, 3.05) is 41.5 Å². The predicted molar refractivity (Wildman–Crippen MR) is 376 cm³/mol. The number of aromatic carboxylic acids is 1. The summed E-state index contributed by atoms with van der Waals surface area (Å²) in [6.07, 6.45) is 8.21. The van der Waals surface area contributed by atoms with Crippen LogP contribution in [-0.4, -0.2) is 119 Å². The molecule has 0 spiro atoms. The smallest absolute Gasteiger partial charge is 0.358 e. The van der Waals surface area contributed by atoms with E-state index in [1.54, 1.807) is 31.2 Å². The number of nitrogens with one attached hydrogen (secondary N) is 2. The maximum atomic E-state index is 12.0. The molecule has 0 aliphatic carbocycles. The number of hydrogen-bond acceptors (Lipinski definition) is 30. The minimum absolute atomic E-state index is 0.00637. The Labute approximate surface area is 592 Å². The summed E-state index contributed by atoms with van der Waals surface area (Å²) in [6, 6.07) is 30.0. The third kappa shape index (κ3) is 19.5. The van der Waals surface area contributed by atoms with Crippen molar-refractivity contribution in [3.63, 3.8) is 0 Å². The number of rotatable bonds is 15. The van der Waals surface area contributed by atoms with E-state index < -0.39 is 21.7 Å². The van der Waals surface area contributed by atoms with Crippen LogP contribution in [0.3, 0.4) is 0 Å². The van der Waals surface area contributed by atoms with Gasteiger partial charge in [0.1, 0.15) is 18.4 Å². The molecule has 38 heteroatoms. The van der Waals surface area contributed by atoms with Crippen LogP contribution >= 0.6 is 79.6 Å². The van der Waals surface area contributed by atoms with Crippen LogP contribution in [0.5, 0.6) is 0 Å². The molecule has 0 fully saturated rings. The molecule has 32 nitrogen and oxygen atoms in total. The molecule has 4 aromatic carbocycles. The zero-order chi connectivity index (χ0) is 69.9. The second-order valence-electron chi connectivity index (χ2n) is 19.2. The standard InChI is InChI=1S/C22H21N5O3S.C14H13BrN6O.C13H9Br2N5O.C5H6BrN5O.C5H4BrN3O2/c1-3-14-5-7-16(8-6-14)21-26-27-22(30-21)19-20(23)24-13-18(25-19)15-9-11-17(12-10-15)31(28,29)4-2;1-17-6-8-2-4-9(5-3-8)13-20-21-14(22-13)11-12(16)18-7-10(15)19-11;14-5-7-1-3-8(4-2-7)12-19-20-13(21-12)10-11(16)17-6-9(15)18-10;6-2-1-9-4(7)3(10-2)5(12)11-8;6-2-1-8-4(7)3(9-2)5(10)11/h5-13H,3-4H2,1-2H3,(H2,23,24);2-5,7,17H,6H2,1H3,(H2,16,18);1-4,6H,5H2,(H2,16,17);1H,8H2,(H2,7,9)(H,11,12);1H,(H2,7,8)(H,10,11). The van der Waals surface area contributed by atoms with Crippen molar-refractivity contribution >= 4 is 130 Å². The molecule has 12 rings (SSSR count). The summed E-state index contributed by atoms with van der Waals surface area (Å²) in [6.45, 7) is 4.50. The van der Waals surface area contributed by atoms with Crippen LogP contribution in [0.25, 0.3) is 80.4 Å². The number of benzene rings is 4. The van der Waals surface area contributed by atoms with E-state index in [0.717, 1.165) is 35.0 Å². The number of carbonyl (C=O) groups is 2. The predicted octanol–water partition coefficient (Wildman–Crippen LogP) is 9.43. The molecule has 0 saturated heterocycles. The number of aryl methyl sites for hydroxylation is 1. The molecule has 8 aromatic heterocycles. The molecule has 8 heterocycles. The number of carboxylic acids is 1. The van der Waals surface area contributed by atoms with Crippen LogP contribution in [0, 0.1) is 0 Å². The zero-order valence-corrected chi connectivity index (χ0v) is 59.4. The summed E-state index contributed by atoms with van der Waals surface area (Å²) in [5, 5.41) is 36.6. The second-order valence-corrected chi connectivity index (χ2v) is 25.3. The number of anilines is 5. The fourth-order valence-electron chi connectivity index (χ4n) is 7.81. The Bertz CT molecular complexity index is 4810. The third-order valence-electron chi connectivity index (χ3n) is 12.8. The highest BCUT2D eigenvalue weighted by Gasteiger charge is 2.21. The zero-order valence-electron chi connectivity index (χ0n) is 50.7. The van der Waals surface area contributed by atoms with Gasteiger partial charge in [0.15, 0.2) is 67.4 Å². The summed E-state index contributed by atoms with van der Waals surface area (Å²) >= 11 is 15.9. The highest BCUT2D eigenvalue weighted by atomic mass is 79.9. The lowest BCUT2D eigenvalue weighted by Crippen LogP contribution is -2.31. The van der Waals surface area contributed by atoms with Crippen LogP contribution in [0.4, 0.5) is 29.1 Å². The number of hydrogen-bond donors (Lipinski definition) is 9. The Kier molecular flexibility index (Phi) is 25.5. The van der Waals surface area contributed by atoms with E-state index in [1.807, 2.05) is 85.3 Å². The summed E-state index contributed by atoms with van der Waals surface area (Å²) in [5.74, 6) is 5.58. The molecule has 0 saturated carbocycles. The van der Waals surface area contributed by atoms with Crippen LogP contribution in [0.15, 0.2) is 165 Å². The van der Waals surface area contributed by atoms with E-state index in [-0.39, 0.29) is 74.5 Å². The van der Waals surface area contributed by atoms with Gasteiger partial charge in [-0.25, -0.2) is 68.9 Å². The lowest BCUT2D eigenvalue weighted by atomic mass is 10.1. The third-order valence-corrected chi connectivity index (χ3v) is 16.7. The first-order valence-electron chi connectivity index (χ1n) is 27.8. The first-order chi connectivity index (χ1) is 46.5. The Morgan fingerprint density at radius 1 is 0.474 bits per heavy atom. The van der Waals surface area contributed by atoms with E-state index in [4.69, 9.17) is 52.9 Å². The fraction of sp³-hybridized carbons (Fsp3) is 0.119. The minimum atomic E-state index is -3.27. The van der Waals surface area contributed by atoms with E-state index >= 15 is 0 Å². The Morgan fingerprint density at radius 2 is 0.835 bits per heavy atom. The maximum Gasteiger partial charge on any atom is 0.358 e. The monoisotopic (exact) mass is 1650 g/mol. The van der Waals surface area contributed by atoms with Crippen molar-refractivity contribution in [2.45, 2.75) is 37.0 Å². The maximum absolute atomic E-state index is 12.0. The number of carboxylic acid groups (broad SMARTS) is 1. The van der Waals surface area contributed by atoms with Crippen molar-refractivity contribution in [1.82, 2.24) is 91.2 Å². The first kappa shape index (κ1) is 72.7. The van der Waals surface area contributed by atoms with Gasteiger partial charge in [-0.05, 0) is 142 Å². The van der Waals surface area contributed by atoms with Crippen LogP contribution in [-0.2, 0) is 28.1 Å². The summed E-state index contributed by atoms with van der Waals surface area (Å²) in [7, 11) is -1.37. The van der Waals surface area contributed by atoms with Crippen molar-refractivity contribution in [3.05, 3.63) is 175 Å². The molecule has 97 heavy (non-hydrogen) atoms. The normalized spacial score (nSPS) is 10.7. The molecule has 1 amide bonds. The number of halogens is 5. The van der Waals surface area contributed by atoms with Crippen molar-refractivity contribution in [3.8, 4) is 80.4 Å². The van der Waals surface area contributed by atoms with Crippen molar-refractivity contribution in [2.24, 2.45) is 5.84 Å². The highest BCUT2D eigenvalue weighted by molar-refractivity contribution is 9.11. The molecule has 0 atom stereocenters. The number of nitrogens with two attached hydrogens (primary N) is 6. The van der Waals surface area contributed by atoms with Crippen LogP contribution < -0.4 is 45.3 Å². The van der Waals surface area contributed by atoms with Gasteiger partial charge < -0.3 is 52.3 Å². The number of amides is 1. The van der Waals surface area contributed by atoms with Gasteiger partial charge in [-0.1, -0.05) is 78.3 Å². The number of hydrazine groups is 1. The van der Waals surface area contributed by atoms with Gasteiger partial charge >= 0.3 is 5.97 Å². The van der Waals surface area contributed by atoms with Crippen LogP contribution in [0.2, 0.25) is 0 Å².